The molecule has 0 aliphatic rings. The standard InChI is InChI=1S/C18H18N2O4/c1-20(12-13-8-4-3-5-9-13)17(22)16(21)19-15-11-7-6-10-14(15)18(23)24-2/h3-11H,12H2,1-2H3,(H,19,21). The molecule has 0 saturated carbocycles. The Morgan fingerprint density at radius 3 is 2.29 bits per heavy atom. The molecule has 1 N–H and O–H groups in total. The lowest BCUT2D eigenvalue weighted by molar-refractivity contribution is -0.142. The Morgan fingerprint density at radius 2 is 1.62 bits per heavy atom. The lowest BCUT2D eigenvalue weighted by Crippen LogP contribution is -2.37. The third kappa shape index (κ3) is 4.19. The summed E-state index contributed by atoms with van der Waals surface area (Å²) in [7, 11) is 2.79. The van der Waals surface area contributed by atoms with Gasteiger partial charge in [0.2, 0.25) is 0 Å². The number of nitrogens with zero attached hydrogens (tertiary/aromatic N) is 1. The largest absolute Gasteiger partial charge is 0.465 e. The Balaban J connectivity index is 2.07. The molecule has 0 aliphatic heterocycles. The molecule has 2 amide bonds. The number of ether oxygens (including phenoxy) is 1. The number of amides is 2. The monoisotopic (exact) mass is 326 g/mol. The number of carbonyl (C=O) groups is 3. The van der Waals surface area contributed by atoms with Gasteiger partial charge in [-0.15, -0.1) is 0 Å². The van der Waals surface area contributed by atoms with Crippen molar-refractivity contribution in [2.24, 2.45) is 0 Å². The second kappa shape index (κ2) is 7.92. The van der Waals surface area contributed by atoms with Crippen LogP contribution in [0.1, 0.15) is 15.9 Å². The van der Waals surface area contributed by atoms with Crippen LogP contribution in [-0.2, 0) is 20.9 Å². The van der Waals surface area contributed by atoms with Crippen molar-refractivity contribution in [2.45, 2.75) is 6.54 Å². The first-order valence-corrected chi connectivity index (χ1v) is 7.30. The van der Waals surface area contributed by atoms with Crippen LogP contribution in [0.15, 0.2) is 54.6 Å². The molecule has 6 heteroatoms. The lowest BCUT2D eigenvalue weighted by atomic mass is 10.1. The van der Waals surface area contributed by atoms with Gasteiger partial charge in [-0.1, -0.05) is 42.5 Å². The van der Waals surface area contributed by atoms with Crippen LogP contribution >= 0.6 is 0 Å². The maximum atomic E-state index is 12.2. The number of hydrogen-bond donors (Lipinski definition) is 1. The first-order chi connectivity index (χ1) is 11.5. The van der Waals surface area contributed by atoms with E-state index in [1.165, 1.54) is 24.1 Å². The molecule has 24 heavy (non-hydrogen) atoms. The molecule has 0 aliphatic carbocycles. The maximum Gasteiger partial charge on any atom is 0.339 e. The minimum Gasteiger partial charge on any atom is -0.465 e. The van der Waals surface area contributed by atoms with Crippen LogP contribution in [0.5, 0.6) is 0 Å². The summed E-state index contributed by atoms with van der Waals surface area (Å²) in [4.78, 5) is 37.4. The molecule has 0 aromatic heterocycles. The molecular formula is C18H18N2O4. The van der Waals surface area contributed by atoms with Crippen molar-refractivity contribution in [2.75, 3.05) is 19.5 Å². The number of methoxy groups -OCH3 is 1. The van der Waals surface area contributed by atoms with Gasteiger partial charge in [0, 0.05) is 13.6 Å². The van der Waals surface area contributed by atoms with Crippen LogP contribution in [0.2, 0.25) is 0 Å². The van der Waals surface area contributed by atoms with Gasteiger partial charge >= 0.3 is 17.8 Å². The van der Waals surface area contributed by atoms with Crippen LogP contribution in [-0.4, -0.2) is 36.8 Å². The van der Waals surface area contributed by atoms with E-state index in [1.807, 2.05) is 30.3 Å². The van der Waals surface area contributed by atoms with Crippen molar-refractivity contribution < 1.29 is 19.1 Å². The third-order valence-electron chi connectivity index (χ3n) is 3.38. The van der Waals surface area contributed by atoms with E-state index in [0.29, 0.717) is 6.54 Å². The Labute approximate surface area is 140 Å². The van der Waals surface area contributed by atoms with Crippen LogP contribution in [0, 0.1) is 0 Å². The van der Waals surface area contributed by atoms with Gasteiger partial charge in [0.1, 0.15) is 0 Å². The van der Waals surface area contributed by atoms with Gasteiger partial charge in [0.25, 0.3) is 0 Å². The second-order valence-corrected chi connectivity index (χ2v) is 5.14. The summed E-state index contributed by atoms with van der Waals surface area (Å²) >= 11 is 0. The fraction of sp³-hybridized carbons (Fsp3) is 0.167. The van der Waals surface area contributed by atoms with Gasteiger partial charge in [-0.05, 0) is 17.7 Å². The molecule has 0 bridgehead atoms. The number of nitrogens with one attached hydrogen (secondary N) is 1. The van der Waals surface area contributed by atoms with E-state index in [2.05, 4.69) is 10.1 Å². The number of carbonyl (C=O) groups excluding carboxylic acids is 3. The Kier molecular flexibility index (Phi) is 5.68. The molecule has 0 radical (unpaired) electrons. The van der Waals surface area contributed by atoms with Crippen molar-refractivity contribution in [3.63, 3.8) is 0 Å². The number of esters is 1. The summed E-state index contributed by atoms with van der Waals surface area (Å²) < 4.78 is 4.66. The third-order valence-corrected chi connectivity index (χ3v) is 3.38. The molecule has 0 unspecified atom stereocenters. The van der Waals surface area contributed by atoms with Gasteiger partial charge in [0.05, 0.1) is 18.4 Å². The van der Waals surface area contributed by atoms with Crippen LogP contribution in [0.25, 0.3) is 0 Å². The first-order valence-electron chi connectivity index (χ1n) is 7.30. The van der Waals surface area contributed by atoms with E-state index >= 15 is 0 Å². The van der Waals surface area contributed by atoms with Gasteiger partial charge < -0.3 is 15.0 Å². The summed E-state index contributed by atoms with van der Waals surface area (Å²) in [6.07, 6.45) is 0. The molecule has 0 fully saturated rings. The van der Waals surface area contributed by atoms with Gasteiger partial charge in [0.15, 0.2) is 0 Å². The molecule has 0 spiro atoms. The SMILES string of the molecule is COC(=O)c1ccccc1NC(=O)C(=O)N(C)Cc1ccccc1. The summed E-state index contributed by atoms with van der Waals surface area (Å²) in [5.41, 5.74) is 1.33. The Morgan fingerprint density at radius 1 is 1.00 bits per heavy atom. The molecule has 0 saturated heterocycles. The highest BCUT2D eigenvalue weighted by atomic mass is 16.5. The van der Waals surface area contributed by atoms with E-state index in [-0.39, 0.29) is 11.3 Å². The maximum absolute atomic E-state index is 12.2. The van der Waals surface area contributed by atoms with Crippen LogP contribution < -0.4 is 5.32 Å². The van der Waals surface area contributed by atoms with Crippen molar-refractivity contribution in [3.05, 3.63) is 65.7 Å². The zero-order chi connectivity index (χ0) is 17.5. The minimum absolute atomic E-state index is 0.187. The number of hydrogen-bond acceptors (Lipinski definition) is 4. The summed E-state index contributed by atoms with van der Waals surface area (Å²) in [6, 6.07) is 15.7. The smallest absolute Gasteiger partial charge is 0.339 e. The van der Waals surface area contributed by atoms with Crippen LogP contribution in [0.3, 0.4) is 0 Å². The Bertz CT molecular complexity index is 744. The zero-order valence-corrected chi connectivity index (χ0v) is 13.5. The first kappa shape index (κ1) is 17.2. The van der Waals surface area contributed by atoms with E-state index in [1.54, 1.807) is 19.2 Å². The van der Waals surface area contributed by atoms with Crippen molar-refractivity contribution in [1.29, 1.82) is 0 Å². The zero-order valence-electron chi connectivity index (χ0n) is 13.5. The molecule has 124 valence electrons. The lowest BCUT2D eigenvalue weighted by Gasteiger charge is -2.17. The molecular weight excluding hydrogens is 308 g/mol. The molecule has 2 aromatic rings. The number of para-hydroxylation sites is 1. The number of likely N-dealkylation sites (N-methyl/N-ethyl adjacent to an activating group) is 1. The summed E-state index contributed by atoms with van der Waals surface area (Å²) in [5, 5.41) is 2.46. The molecule has 2 rings (SSSR count). The molecule has 2 aromatic carbocycles. The average Bonchev–Trinajstić information content (AvgIpc) is 2.61. The van der Waals surface area contributed by atoms with Crippen molar-refractivity contribution >= 4 is 23.5 Å². The number of anilines is 1. The number of rotatable bonds is 4. The predicted octanol–water partition coefficient (Wildman–Crippen LogP) is 2.07. The van der Waals surface area contributed by atoms with Gasteiger partial charge in [-0.25, -0.2) is 4.79 Å². The van der Waals surface area contributed by atoms with E-state index in [9.17, 15) is 14.4 Å². The summed E-state index contributed by atoms with van der Waals surface area (Å²) in [6.45, 7) is 0.311. The molecule has 0 atom stereocenters. The second-order valence-electron chi connectivity index (χ2n) is 5.14. The van der Waals surface area contributed by atoms with Crippen LogP contribution in [0.4, 0.5) is 5.69 Å². The normalized spacial score (nSPS) is 9.92. The highest BCUT2D eigenvalue weighted by Gasteiger charge is 2.21. The van der Waals surface area contributed by atoms with E-state index in [4.69, 9.17) is 0 Å². The van der Waals surface area contributed by atoms with Crippen molar-refractivity contribution in [3.8, 4) is 0 Å². The number of benzene rings is 2. The molecule has 0 heterocycles. The Hall–Kier alpha value is -3.15. The highest BCUT2D eigenvalue weighted by molar-refractivity contribution is 6.39. The highest BCUT2D eigenvalue weighted by Crippen LogP contribution is 2.16. The average molecular weight is 326 g/mol. The summed E-state index contributed by atoms with van der Waals surface area (Å²) in [5.74, 6) is -2.10. The van der Waals surface area contributed by atoms with Gasteiger partial charge in [-0.3, -0.25) is 9.59 Å². The van der Waals surface area contributed by atoms with E-state index in [0.717, 1.165) is 5.56 Å². The minimum atomic E-state index is -0.815. The van der Waals surface area contributed by atoms with Crippen molar-refractivity contribution in [1.82, 2.24) is 4.90 Å². The van der Waals surface area contributed by atoms with Gasteiger partial charge in [-0.2, -0.15) is 0 Å². The predicted molar refractivity (Wildman–Crippen MR) is 89.3 cm³/mol. The fourth-order valence-electron chi connectivity index (χ4n) is 2.16. The topological polar surface area (TPSA) is 75.7 Å². The fourth-order valence-corrected chi connectivity index (χ4v) is 2.16. The molecule has 6 nitrogen and oxygen atoms in total. The quantitative estimate of drug-likeness (QED) is 0.689. The van der Waals surface area contributed by atoms with E-state index < -0.39 is 17.8 Å².